The largest absolute Gasteiger partial charge is 0.394 e. The molecule has 1 unspecified atom stereocenters. The van der Waals surface area contributed by atoms with Crippen LogP contribution in [0.1, 0.15) is 110 Å². The molecule has 0 bridgehead atoms. The van der Waals surface area contributed by atoms with E-state index < -0.39 is 6.10 Å². The predicted octanol–water partition coefficient (Wildman–Crippen LogP) is 5.53. The average Bonchev–Trinajstić information content (AvgIpc) is 2.61. The highest BCUT2D eigenvalue weighted by molar-refractivity contribution is 4.63. The smallest absolute Gasteiger partial charge is 0.0897 e. The zero-order chi connectivity index (χ0) is 18.6. The highest BCUT2D eigenvalue weighted by Gasteiger charge is 2.09. The summed E-state index contributed by atoms with van der Waals surface area (Å²) in [4.78, 5) is 2.29. The van der Waals surface area contributed by atoms with Gasteiger partial charge in [-0.1, -0.05) is 97.3 Å². The van der Waals surface area contributed by atoms with Crippen molar-refractivity contribution >= 4 is 0 Å². The second-order valence-electron chi connectivity index (χ2n) is 7.73. The Morgan fingerprint density at radius 3 is 1.44 bits per heavy atom. The second-order valence-corrected chi connectivity index (χ2v) is 7.73. The van der Waals surface area contributed by atoms with Crippen LogP contribution < -0.4 is 0 Å². The molecule has 0 amide bonds. The topological polar surface area (TPSA) is 43.7 Å². The number of aliphatic hydroxyl groups excluding tert-OH is 2. The van der Waals surface area contributed by atoms with Gasteiger partial charge < -0.3 is 15.1 Å². The van der Waals surface area contributed by atoms with Crippen LogP contribution in [0.2, 0.25) is 0 Å². The van der Waals surface area contributed by atoms with Crippen LogP contribution in [0.3, 0.4) is 0 Å². The fourth-order valence-corrected chi connectivity index (χ4v) is 3.50. The van der Waals surface area contributed by atoms with Gasteiger partial charge in [-0.05, 0) is 25.9 Å². The normalized spacial score (nSPS) is 12.8. The maximum absolute atomic E-state index is 9.58. The van der Waals surface area contributed by atoms with Crippen molar-refractivity contribution in [2.24, 2.45) is 0 Å². The van der Waals surface area contributed by atoms with E-state index in [1.807, 2.05) is 0 Å². The molecule has 25 heavy (non-hydrogen) atoms. The number of hydrogen-bond acceptors (Lipinski definition) is 3. The SMILES string of the molecule is CCCCCCCCCCCCCCCCN(CCC)CC(O)CO. The van der Waals surface area contributed by atoms with Crippen LogP contribution in [0.4, 0.5) is 0 Å². The van der Waals surface area contributed by atoms with Gasteiger partial charge in [-0.3, -0.25) is 0 Å². The summed E-state index contributed by atoms with van der Waals surface area (Å²) in [6.07, 6.45) is 20.0. The molecule has 0 aromatic rings. The summed E-state index contributed by atoms with van der Waals surface area (Å²) in [7, 11) is 0. The Morgan fingerprint density at radius 1 is 0.600 bits per heavy atom. The molecular formula is C22H47NO2. The summed E-state index contributed by atoms with van der Waals surface area (Å²) in [5.74, 6) is 0. The lowest BCUT2D eigenvalue weighted by atomic mass is 10.0. The van der Waals surface area contributed by atoms with E-state index in [-0.39, 0.29) is 6.61 Å². The van der Waals surface area contributed by atoms with Crippen molar-refractivity contribution in [3.8, 4) is 0 Å². The number of rotatable bonds is 20. The zero-order valence-corrected chi connectivity index (χ0v) is 17.4. The minimum Gasteiger partial charge on any atom is -0.394 e. The Bertz CT molecular complexity index is 248. The third-order valence-electron chi connectivity index (χ3n) is 5.05. The molecule has 0 spiro atoms. The van der Waals surface area contributed by atoms with Crippen molar-refractivity contribution in [2.45, 2.75) is 116 Å². The monoisotopic (exact) mass is 357 g/mol. The van der Waals surface area contributed by atoms with Crippen LogP contribution in [0.15, 0.2) is 0 Å². The first kappa shape index (κ1) is 24.9. The van der Waals surface area contributed by atoms with E-state index in [9.17, 15) is 5.11 Å². The first-order valence-corrected chi connectivity index (χ1v) is 11.3. The molecule has 152 valence electrons. The van der Waals surface area contributed by atoms with E-state index in [2.05, 4.69) is 18.7 Å². The Hall–Kier alpha value is -0.120. The second kappa shape index (κ2) is 20.2. The maximum atomic E-state index is 9.58. The molecular weight excluding hydrogens is 310 g/mol. The summed E-state index contributed by atoms with van der Waals surface area (Å²) in [5, 5.41) is 18.5. The van der Waals surface area contributed by atoms with Crippen molar-refractivity contribution in [1.82, 2.24) is 4.90 Å². The summed E-state index contributed by atoms with van der Waals surface area (Å²) >= 11 is 0. The minimum atomic E-state index is -0.585. The standard InChI is InChI=1S/C22H47NO2/c1-3-5-6-7-8-9-10-11-12-13-14-15-16-17-19-23(18-4-2)20-22(25)21-24/h22,24-25H,3-21H2,1-2H3. The lowest BCUT2D eigenvalue weighted by Crippen LogP contribution is -2.35. The van der Waals surface area contributed by atoms with Gasteiger partial charge in [0.05, 0.1) is 12.7 Å². The highest BCUT2D eigenvalue weighted by Crippen LogP contribution is 2.13. The van der Waals surface area contributed by atoms with Gasteiger partial charge in [0.25, 0.3) is 0 Å². The van der Waals surface area contributed by atoms with E-state index >= 15 is 0 Å². The van der Waals surface area contributed by atoms with E-state index in [1.165, 1.54) is 89.9 Å². The molecule has 0 fully saturated rings. The maximum Gasteiger partial charge on any atom is 0.0897 e. The van der Waals surface area contributed by atoms with Gasteiger partial charge in [0.15, 0.2) is 0 Å². The van der Waals surface area contributed by atoms with E-state index in [0.29, 0.717) is 6.54 Å². The first-order valence-electron chi connectivity index (χ1n) is 11.3. The predicted molar refractivity (Wildman–Crippen MR) is 110 cm³/mol. The summed E-state index contributed by atoms with van der Waals surface area (Å²) < 4.78 is 0. The summed E-state index contributed by atoms with van der Waals surface area (Å²) in [6, 6.07) is 0. The van der Waals surface area contributed by atoms with E-state index in [1.54, 1.807) is 0 Å². The number of hydrogen-bond donors (Lipinski definition) is 2. The molecule has 0 aliphatic heterocycles. The molecule has 0 radical (unpaired) electrons. The Morgan fingerprint density at radius 2 is 1.04 bits per heavy atom. The number of nitrogens with zero attached hydrogens (tertiary/aromatic N) is 1. The van der Waals surface area contributed by atoms with Crippen molar-refractivity contribution in [3.63, 3.8) is 0 Å². The zero-order valence-electron chi connectivity index (χ0n) is 17.4. The van der Waals surface area contributed by atoms with Crippen molar-refractivity contribution in [3.05, 3.63) is 0 Å². The van der Waals surface area contributed by atoms with Gasteiger partial charge in [-0.15, -0.1) is 0 Å². The Labute approximate surface area is 158 Å². The molecule has 0 aliphatic carbocycles. The third kappa shape index (κ3) is 18.5. The van der Waals surface area contributed by atoms with Crippen LogP contribution in [-0.4, -0.2) is 47.5 Å². The van der Waals surface area contributed by atoms with Crippen LogP contribution >= 0.6 is 0 Å². The molecule has 0 aliphatic rings. The molecule has 0 aromatic heterocycles. The van der Waals surface area contributed by atoms with Crippen molar-refractivity contribution < 1.29 is 10.2 Å². The van der Waals surface area contributed by atoms with Crippen LogP contribution in [0.25, 0.3) is 0 Å². The molecule has 0 aromatic carbocycles. The molecule has 0 saturated carbocycles. The minimum absolute atomic E-state index is 0.126. The van der Waals surface area contributed by atoms with E-state index in [4.69, 9.17) is 5.11 Å². The summed E-state index contributed by atoms with van der Waals surface area (Å²) in [5.41, 5.74) is 0. The average molecular weight is 358 g/mol. The van der Waals surface area contributed by atoms with Crippen molar-refractivity contribution in [2.75, 3.05) is 26.2 Å². The molecule has 0 saturated heterocycles. The quantitative estimate of drug-likeness (QED) is 0.281. The Balaban J connectivity index is 3.31. The van der Waals surface area contributed by atoms with Gasteiger partial charge >= 0.3 is 0 Å². The molecule has 2 N–H and O–H groups in total. The van der Waals surface area contributed by atoms with Gasteiger partial charge in [-0.25, -0.2) is 0 Å². The third-order valence-corrected chi connectivity index (χ3v) is 5.05. The van der Waals surface area contributed by atoms with Gasteiger partial charge in [0, 0.05) is 6.54 Å². The number of aliphatic hydroxyl groups is 2. The Kier molecular flexibility index (Phi) is 20.1. The highest BCUT2D eigenvalue weighted by atomic mass is 16.3. The lowest BCUT2D eigenvalue weighted by Gasteiger charge is -2.23. The van der Waals surface area contributed by atoms with Crippen molar-refractivity contribution in [1.29, 1.82) is 0 Å². The molecule has 0 rings (SSSR count). The fraction of sp³-hybridized carbons (Fsp3) is 1.00. The number of unbranched alkanes of at least 4 members (excludes halogenated alkanes) is 13. The molecule has 3 nitrogen and oxygen atoms in total. The molecule has 0 heterocycles. The lowest BCUT2D eigenvalue weighted by molar-refractivity contribution is 0.0585. The molecule has 1 atom stereocenters. The van der Waals surface area contributed by atoms with Crippen LogP contribution in [0.5, 0.6) is 0 Å². The van der Waals surface area contributed by atoms with Gasteiger partial charge in [0.2, 0.25) is 0 Å². The first-order chi connectivity index (χ1) is 12.2. The fourth-order valence-electron chi connectivity index (χ4n) is 3.50. The van der Waals surface area contributed by atoms with Gasteiger partial charge in [-0.2, -0.15) is 0 Å². The summed E-state index contributed by atoms with van der Waals surface area (Å²) in [6.45, 7) is 7.02. The van der Waals surface area contributed by atoms with Gasteiger partial charge in [0.1, 0.15) is 0 Å². The molecule has 3 heteroatoms. The van der Waals surface area contributed by atoms with Crippen LogP contribution in [-0.2, 0) is 0 Å². The van der Waals surface area contributed by atoms with Crippen LogP contribution in [0, 0.1) is 0 Å². The van der Waals surface area contributed by atoms with E-state index in [0.717, 1.165) is 19.5 Å².